The molecule has 0 aromatic carbocycles. The van der Waals surface area contributed by atoms with Gasteiger partial charge in [0.25, 0.3) is 0 Å². The summed E-state index contributed by atoms with van der Waals surface area (Å²) in [7, 11) is 1.25. The molecule has 7 heteroatoms. The van der Waals surface area contributed by atoms with Crippen LogP contribution in [0.2, 0.25) is 0 Å². The number of ether oxygens (including phenoxy) is 1. The summed E-state index contributed by atoms with van der Waals surface area (Å²) in [6.07, 6.45) is 4.84. The lowest BCUT2D eigenvalue weighted by atomic mass is 9.72. The minimum Gasteiger partial charge on any atom is -0.481 e. The molecular formula is C18H30N2O5. The molecule has 0 spiro atoms. The molecule has 25 heavy (non-hydrogen) atoms. The molecule has 0 aromatic heterocycles. The van der Waals surface area contributed by atoms with Crippen LogP contribution in [0.15, 0.2) is 11.8 Å². The van der Waals surface area contributed by atoms with Crippen LogP contribution in [0.1, 0.15) is 46.5 Å². The Morgan fingerprint density at radius 1 is 1.36 bits per heavy atom. The van der Waals surface area contributed by atoms with E-state index < -0.39 is 18.0 Å². The first-order valence-corrected chi connectivity index (χ1v) is 8.58. The van der Waals surface area contributed by atoms with Crippen molar-refractivity contribution in [2.75, 3.05) is 7.11 Å². The second kappa shape index (κ2) is 8.99. The monoisotopic (exact) mass is 354 g/mol. The van der Waals surface area contributed by atoms with Gasteiger partial charge in [-0.2, -0.15) is 0 Å². The number of esters is 1. The Bertz CT molecular complexity index is 524. The number of hydrogen-bond donors (Lipinski definition) is 3. The van der Waals surface area contributed by atoms with Crippen LogP contribution in [0.4, 0.5) is 0 Å². The van der Waals surface area contributed by atoms with Crippen molar-refractivity contribution in [3.05, 3.63) is 11.8 Å². The number of carboxylic acid groups (broad SMARTS) is 1. The predicted octanol–water partition coefficient (Wildman–Crippen LogP) is 1.46. The van der Waals surface area contributed by atoms with Crippen LogP contribution in [0.3, 0.4) is 0 Å². The number of nitrogens with one attached hydrogen (secondary N) is 1. The molecule has 4 atom stereocenters. The molecule has 1 aliphatic carbocycles. The Morgan fingerprint density at radius 3 is 2.48 bits per heavy atom. The van der Waals surface area contributed by atoms with Gasteiger partial charge in [-0.15, -0.1) is 0 Å². The average molecular weight is 354 g/mol. The molecule has 1 fully saturated rings. The number of carboxylic acids is 1. The van der Waals surface area contributed by atoms with Crippen LogP contribution in [-0.4, -0.2) is 42.5 Å². The third kappa shape index (κ3) is 6.16. The van der Waals surface area contributed by atoms with Crippen LogP contribution in [0, 0.1) is 17.3 Å². The lowest BCUT2D eigenvalue weighted by molar-refractivity contribution is -0.138. The lowest BCUT2D eigenvalue weighted by Crippen LogP contribution is -2.46. The van der Waals surface area contributed by atoms with E-state index in [9.17, 15) is 14.4 Å². The summed E-state index contributed by atoms with van der Waals surface area (Å²) in [4.78, 5) is 33.9. The highest BCUT2D eigenvalue weighted by Crippen LogP contribution is 2.45. The molecule has 7 nitrogen and oxygen atoms in total. The molecule has 0 aromatic rings. The molecule has 3 unspecified atom stereocenters. The molecule has 0 amide bonds. The molecule has 1 rings (SSSR count). The first-order valence-electron chi connectivity index (χ1n) is 8.58. The van der Waals surface area contributed by atoms with Crippen LogP contribution in [-0.2, 0) is 19.1 Å². The summed E-state index contributed by atoms with van der Waals surface area (Å²) in [5, 5.41) is 12.0. The topological polar surface area (TPSA) is 119 Å². The van der Waals surface area contributed by atoms with Crippen molar-refractivity contribution in [3.63, 3.8) is 0 Å². The Labute approximate surface area is 149 Å². The fourth-order valence-corrected chi connectivity index (χ4v) is 3.75. The number of rotatable bonds is 8. The second-order valence-electron chi connectivity index (χ2n) is 7.71. The predicted molar refractivity (Wildman–Crippen MR) is 93.6 cm³/mol. The van der Waals surface area contributed by atoms with Crippen molar-refractivity contribution in [1.82, 2.24) is 5.32 Å². The minimum absolute atomic E-state index is 0.0421. The fraction of sp³-hybridized carbons (Fsp3) is 0.722. The number of aliphatic carboxylic acids is 1. The summed E-state index contributed by atoms with van der Waals surface area (Å²) in [6.45, 7) is 6.48. The third-order valence-corrected chi connectivity index (χ3v) is 4.89. The van der Waals surface area contributed by atoms with Crippen molar-refractivity contribution in [2.45, 2.75) is 58.5 Å². The molecule has 0 bridgehead atoms. The molecule has 0 radical (unpaired) electrons. The minimum atomic E-state index is -1.06. The Balaban J connectivity index is 3.11. The van der Waals surface area contributed by atoms with E-state index in [-0.39, 0.29) is 29.5 Å². The van der Waals surface area contributed by atoms with Gasteiger partial charge in [0, 0.05) is 6.04 Å². The molecule has 1 aliphatic rings. The normalized spacial score (nSPS) is 23.8. The first-order chi connectivity index (χ1) is 11.6. The number of methoxy groups -OCH3 is 1. The van der Waals surface area contributed by atoms with Crippen LogP contribution in [0.5, 0.6) is 0 Å². The largest absolute Gasteiger partial charge is 0.481 e. The highest BCUT2D eigenvalue weighted by Gasteiger charge is 2.40. The smallest absolute Gasteiger partial charge is 0.353 e. The molecule has 142 valence electrons. The van der Waals surface area contributed by atoms with E-state index in [1.165, 1.54) is 7.11 Å². The zero-order valence-electron chi connectivity index (χ0n) is 15.5. The maximum atomic E-state index is 11.7. The van der Waals surface area contributed by atoms with E-state index in [0.717, 1.165) is 19.3 Å². The second-order valence-corrected chi connectivity index (χ2v) is 7.71. The highest BCUT2D eigenvalue weighted by molar-refractivity contribution is 5.87. The summed E-state index contributed by atoms with van der Waals surface area (Å²) >= 11 is 0. The maximum Gasteiger partial charge on any atom is 0.353 e. The van der Waals surface area contributed by atoms with Gasteiger partial charge in [-0.25, -0.2) is 4.79 Å². The quantitative estimate of drug-likeness (QED) is 0.343. The number of carbonyl (C=O) groups is 3. The zero-order chi connectivity index (χ0) is 19.2. The van der Waals surface area contributed by atoms with Gasteiger partial charge in [0.15, 0.2) is 0 Å². The molecule has 0 aliphatic heterocycles. The number of aldehydes is 1. The van der Waals surface area contributed by atoms with E-state index >= 15 is 0 Å². The fourth-order valence-electron chi connectivity index (χ4n) is 3.75. The van der Waals surface area contributed by atoms with Gasteiger partial charge in [-0.05, 0) is 36.2 Å². The van der Waals surface area contributed by atoms with Crippen molar-refractivity contribution in [3.8, 4) is 0 Å². The maximum absolute atomic E-state index is 11.7. The van der Waals surface area contributed by atoms with Crippen LogP contribution in [0.25, 0.3) is 0 Å². The van der Waals surface area contributed by atoms with E-state index in [2.05, 4.69) is 30.8 Å². The molecule has 1 saturated carbocycles. The number of nitrogens with two attached hydrogens (primary N) is 1. The van der Waals surface area contributed by atoms with Crippen molar-refractivity contribution >= 4 is 18.2 Å². The summed E-state index contributed by atoms with van der Waals surface area (Å²) in [5.41, 5.74) is 5.82. The van der Waals surface area contributed by atoms with Crippen molar-refractivity contribution < 1.29 is 24.2 Å². The first kappa shape index (κ1) is 21.2. The van der Waals surface area contributed by atoms with Crippen LogP contribution >= 0.6 is 0 Å². The highest BCUT2D eigenvalue weighted by atomic mass is 16.5. The van der Waals surface area contributed by atoms with E-state index in [1.54, 1.807) is 6.08 Å². The van der Waals surface area contributed by atoms with Gasteiger partial charge in [-0.1, -0.05) is 27.2 Å². The lowest BCUT2D eigenvalue weighted by Gasteiger charge is -2.37. The SMILES string of the molecule is COC(=O)C(N)=CC(N[C@@H](C=O)CC(=O)O)C1CCCC1C(C)(C)C. The molecular weight excluding hydrogens is 324 g/mol. The van der Waals surface area contributed by atoms with Crippen molar-refractivity contribution in [1.29, 1.82) is 0 Å². The van der Waals surface area contributed by atoms with E-state index in [0.29, 0.717) is 12.2 Å². The van der Waals surface area contributed by atoms with Gasteiger partial charge in [0.05, 0.1) is 19.6 Å². The third-order valence-electron chi connectivity index (χ3n) is 4.89. The summed E-state index contributed by atoms with van der Waals surface area (Å²) in [5.74, 6) is -1.19. The Morgan fingerprint density at radius 2 is 2.00 bits per heavy atom. The van der Waals surface area contributed by atoms with Gasteiger partial charge >= 0.3 is 11.9 Å². The molecule has 4 N–H and O–H groups in total. The van der Waals surface area contributed by atoms with Gasteiger partial charge in [0.1, 0.15) is 12.0 Å². The van der Waals surface area contributed by atoms with Gasteiger partial charge in [0.2, 0.25) is 0 Å². The number of carbonyl (C=O) groups excluding carboxylic acids is 2. The Hall–Kier alpha value is -1.89. The molecule has 0 heterocycles. The van der Waals surface area contributed by atoms with Crippen LogP contribution < -0.4 is 11.1 Å². The van der Waals surface area contributed by atoms with Gasteiger partial charge in [-0.3, -0.25) is 4.79 Å². The summed E-state index contributed by atoms with van der Waals surface area (Å²) < 4.78 is 4.64. The average Bonchev–Trinajstić information content (AvgIpc) is 3.01. The Kier molecular flexibility index (Phi) is 7.60. The van der Waals surface area contributed by atoms with Crippen molar-refractivity contribution in [2.24, 2.45) is 23.0 Å². The molecule has 0 saturated heterocycles. The van der Waals surface area contributed by atoms with E-state index in [1.807, 2.05) is 0 Å². The van der Waals surface area contributed by atoms with E-state index in [4.69, 9.17) is 10.8 Å². The number of hydrogen-bond acceptors (Lipinski definition) is 6. The van der Waals surface area contributed by atoms with Gasteiger partial charge < -0.3 is 25.7 Å². The standard InChI is InChI=1S/C18H30N2O5/c1-18(2,3)13-7-5-6-12(13)15(9-14(19)17(24)25-4)20-11(10-21)8-16(22)23/h9-13,15,20H,5-8,19H2,1-4H3,(H,22,23)/t11-,12?,13?,15?/m1/s1. The zero-order valence-corrected chi connectivity index (χ0v) is 15.5. The summed E-state index contributed by atoms with van der Waals surface area (Å²) in [6, 6.07) is -1.22.